The van der Waals surface area contributed by atoms with Gasteiger partial charge in [0.1, 0.15) is 11.7 Å². The van der Waals surface area contributed by atoms with E-state index in [0.29, 0.717) is 62.0 Å². The van der Waals surface area contributed by atoms with Gasteiger partial charge in [-0.1, -0.05) is 13.0 Å². The normalized spacial score (nSPS) is 24.7. The first-order valence-corrected chi connectivity index (χ1v) is 12.4. The Morgan fingerprint density at radius 2 is 2.14 bits per heavy atom. The fourth-order valence-electron chi connectivity index (χ4n) is 4.81. The van der Waals surface area contributed by atoms with E-state index >= 15 is 0 Å². The first kappa shape index (κ1) is 23.2. The Hall–Kier alpha value is -4.19. The van der Waals surface area contributed by atoms with Gasteiger partial charge in [0.05, 0.1) is 42.8 Å². The first-order valence-electron chi connectivity index (χ1n) is 12.4. The predicted octanol–water partition coefficient (Wildman–Crippen LogP) is 0.235. The molecular formula is C25H27N9O3. The third-order valence-electron chi connectivity index (χ3n) is 6.79. The number of allylic oxidation sites excluding steroid dienone is 1. The molecule has 3 unspecified atom stereocenters. The SMILES string of the molecule is CCC(=O)NC1C=C(c2cnc3[nH]nc(C4=NC5C(C(=O)N6CCOCC6)=CN=CC5N4)c3c2)C=NC1. The molecule has 12 nitrogen and oxygen atoms in total. The minimum absolute atomic E-state index is 0.0146. The summed E-state index contributed by atoms with van der Waals surface area (Å²) < 4.78 is 5.38. The molecule has 2 aromatic rings. The molecule has 2 aromatic heterocycles. The molecule has 0 aliphatic carbocycles. The second kappa shape index (κ2) is 9.69. The average Bonchev–Trinajstić information content (AvgIpc) is 3.57. The van der Waals surface area contributed by atoms with Crippen molar-refractivity contribution in [2.24, 2.45) is 15.0 Å². The van der Waals surface area contributed by atoms with Gasteiger partial charge in [-0.3, -0.25) is 29.7 Å². The number of dihydropyridines is 1. The lowest BCUT2D eigenvalue weighted by atomic mass is 9.99. The zero-order valence-corrected chi connectivity index (χ0v) is 20.3. The van der Waals surface area contributed by atoms with E-state index in [2.05, 4.69) is 35.8 Å². The summed E-state index contributed by atoms with van der Waals surface area (Å²) in [6, 6.07) is 1.20. The molecule has 2 amide bonds. The maximum absolute atomic E-state index is 13.2. The Bertz CT molecular complexity index is 1400. The van der Waals surface area contributed by atoms with E-state index in [-0.39, 0.29) is 29.9 Å². The van der Waals surface area contributed by atoms with E-state index in [0.717, 1.165) is 16.5 Å². The number of hydrogen-bond acceptors (Lipinski definition) is 9. The van der Waals surface area contributed by atoms with Crippen molar-refractivity contribution < 1.29 is 14.3 Å². The third kappa shape index (κ3) is 4.44. The highest BCUT2D eigenvalue weighted by Crippen LogP contribution is 2.27. The number of morpholine rings is 1. The van der Waals surface area contributed by atoms with Crippen molar-refractivity contribution in [3.05, 3.63) is 41.4 Å². The number of nitrogens with one attached hydrogen (secondary N) is 3. The van der Waals surface area contributed by atoms with E-state index in [1.165, 1.54) is 0 Å². The molecule has 0 radical (unpaired) electrons. The summed E-state index contributed by atoms with van der Waals surface area (Å²) in [5, 5.41) is 14.6. The fraction of sp³-hybridized carbons (Fsp3) is 0.400. The number of ether oxygens (including phenoxy) is 1. The molecule has 37 heavy (non-hydrogen) atoms. The Balaban J connectivity index is 1.28. The largest absolute Gasteiger partial charge is 0.378 e. The van der Waals surface area contributed by atoms with E-state index in [1.807, 2.05) is 19.1 Å². The molecule has 0 saturated carbocycles. The van der Waals surface area contributed by atoms with E-state index in [1.54, 1.807) is 29.7 Å². The van der Waals surface area contributed by atoms with Crippen LogP contribution in [0.25, 0.3) is 16.6 Å². The van der Waals surface area contributed by atoms with Gasteiger partial charge in [0.2, 0.25) is 5.91 Å². The molecule has 4 aliphatic rings. The molecule has 12 heteroatoms. The topological polar surface area (TPSA) is 149 Å². The van der Waals surface area contributed by atoms with Gasteiger partial charge in [-0.2, -0.15) is 5.10 Å². The van der Waals surface area contributed by atoms with E-state index < -0.39 is 0 Å². The number of hydrogen-bond donors (Lipinski definition) is 3. The van der Waals surface area contributed by atoms with Crippen LogP contribution in [0.1, 0.15) is 24.6 Å². The maximum Gasteiger partial charge on any atom is 0.253 e. The molecular weight excluding hydrogens is 474 g/mol. The highest BCUT2D eigenvalue weighted by Gasteiger charge is 2.38. The first-order chi connectivity index (χ1) is 18.1. The van der Waals surface area contributed by atoms with Crippen LogP contribution in [-0.2, 0) is 14.3 Å². The summed E-state index contributed by atoms with van der Waals surface area (Å²) >= 11 is 0. The van der Waals surface area contributed by atoms with Gasteiger partial charge in [-0.25, -0.2) is 4.98 Å². The standard InChI is InChI=1S/C25H27N9O3/c1-2-20(35)29-16-7-14(9-26-11-16)15-8-17-22(32-33-23(17)28-10-15)24-30-19-13-27-12-18(21(19)31-24)25(36)34-3-5-37-6-4-34/h7-10,12-13,16,19,21H,2-6,11H2,1H3,(H,29,35)(H,30,31)(H,28,32,33). The van der Waals surface area contributed by atoms with Gasteiger partial charge in [0.25, 0.3) is 5.91 Å². The molecule has 1 fully saturated rings. The van der Waals surface area contributed by atoms with Crippen LogP contribution in [0.4, 0.5) is 0 Å². The van der Waals surface area contributed by atoms with Crippen LogP contribution >= 0.6 is 0 Å². The summed E-state index contributed by atoms with van der Waals surface area (Å²) in [5.74, 6) is 0.499. The number of nitrogens with zero attached hydrogens (tertiary/aromatic N) is 6. The lowest BCUT2D eigenvalue weighted by Gasteiger charge is -2.30. The Morgan fingerprint density at radius 1 is 1.27 bits per heavy atom. The van der Waals surface area contributed by atoms with Crippen LogP contribution in [0, 0.1) is 0 Å². The highest BCUT2D eigenvalue weighted by atomic mass is 16.5. The zero-order chi connectivity index (χ0) is 25.4. The van der Waals surface area contributed by atoms with Crippen LogP contribution in [0.3, 0.4) is 0 Å². The van der Waals surface area contributed by atoms with E-state index in [9.17, 15) is 9.59 Å². The number of fused-ring (bicyclic) bond motifs is 2. The number of pyridine rings is 1. The Labute approximate surface area is 212 Å². The molecule has 6 rings (SSSR count). The smallest absolute Gasteiger partial charge is 0.253 e. The van der Waals surface area contributed by atoms with Gasteiger partial charge in [-0.05, 0) is 11.6 Å². The summed E-state index contributed by atoms with van der Waals surface area (Å²) in [5.41, 5.74) is 3.53. The quantitative estimate of drug-likeness (QED) is 0.534. The van der Waals surface area contributed by atoms with Crippen molar-refractivity contribution in [2.45, 2.75) is 31.5 Å². The van der Waals surface area contributed by atoms with Crippen molar-refractivity contribution >= 4 is 46.7 Å². The minimum atomic E-state index is -0.387. The Kier molecular flexibility index (Phi) is 6.08. The highest BCUT2D eigenvalue weighted by molar-refractivity contribution is 6.14. The molecule has 3 N–H and O–H groups in total. The molecule has 0 aromatic carbocycles. The summed E-state index contributed by atoms with van der Waals surface area (Å²) in [4.78, 5) is 45.0. The van der Waals surface area contributed by atoms with Crippen LogP contribution in [0.5, 0.6) is 0 Å². The van der Waals surface area contributed by atoms with Gasteiger partial charge < -0.3 is 20.3 Å². The van der Waals surface area contributed by atoms with Crippen LogP contribution in [0.15, 0.2) is 45.1 Å². The number of amides is 2. The monoisotopic (exact) mass is 501 g/mol. The number of H-pyrrole nitrogens is 1. The second-order valence-electron chi connectivity index (χ2n) is 9.22. The zero-order valence-electron chi connectivity index (χ0n) is 20.3. The van der Waals surface area contributed by atoms with Crippen LogP contribution in [0.2, 0.25) is 0 Å². The number of rotatable bonds is 5. The van der Waals surface area contributed by atoms with Gasteiger partial charge >= 0.3 is 0 Å². The molecule has 0 bridgehead atoms. The molecule has 0 spiro atoms. The third-order valence-corrected chi connectivity index (χ3v) is 6.79. The minimum Gasteiger partial charge on any atom is -0.378 e. The molecule has 6 heterocycles. The number of aromatic amines is 1. The summed E-state index contributed by atoms with van der Waals surface area (Å²) in [7, 11) is 0. The number of aromatic nitrogens is 3. The van der Waals surface area contributed by atoms with Gasteiger partial charge in [0.15, 0.2) is 11.5 Å². The predicted molar refractivity (Wildman–Crippen MR) is 139 cm³/mol. The summed E-state index contributed by atoms with van der Waals surface area (Å²) in [6.45, 7) is 4.51. The molecule has 3 atom stereocenters. The number of carbonyl (C=O) groups is 2. The van der Waals surface area contributed by atoms with Crippen LogP contribution in [-0.4, -0.2) is 101 Å². The molecule has 190 valence electrons. The lowest BCUT2D eigenvalue weighted by Crippen LogP contribution is -2.46. The van der Waals surface area contributed by atoms with E-state index in [4.69, 9.17) is 9.73 Å². The number of carbonyl (C=O) groups excluding carboxylic acids is 2. The summed E-state index contributed by atoms with van der Waals surface area (Å²) in [6.07, 6.45) is 9.34. The number of aliphatic imine (C=N–C) groups is 3. The van der Waals surface area contributed by atoms with Crippen molar-refractivity contribution in [3.8, 4) is 0 Å². The average molecular weight is 502 g/mol. The van der Waals surface area contributed by atoms with Gasteiger partial charge in [0, 0.05) is 49.9 Å². The van der Waals surface area contributed by atoms with Crippen molar-refractivity contribution in [3.63, 3.8) is 0 Å². The van der Waals surface area contributed by atoms with Crippen molar-refractivity contribution in [2.75, 3.05) is 32.8 Å². The molecule has 1 saturated heterocycles. The Morgan fingerprint density at radius 3 is 2.97 bits per heavy atom. The number of amidine groups is 1. The maximum atomic E-state index is 13.2. The fourth-order valence-corrected chi connectivity index (χ4v) is 4.81. The molecule has 4 aliphatic heterocycles. The van der Waals surface area contributed by atoms with Crippen LogP contribution < -0.4 is 10.6 Å². The van der Waals surface area contributed by atoms with Crippen molar-refractivity contribution in [1.29, 1.82) is 0 Å². The van der Waals surface area contributed by atoms with Crippen molar-refractivity contribution in [1.82, 2.24) is 30.7 Å². The lowest BCUT2D eigenvalue weighted by molar-refractivity contribution is -0.131. The van der Waals surface area contributed by atoms with Gasteiger partial charge in [-0.15, -0.1) is 0 Å². The second-order valence-corrected chi connectivity index (χ2v) is 9.22.